The second-order valence-corrected chi connectivity index (χ2v) is 5.63. The number of allylic oxidation sites excluding steroid dienone is 1. The van der Waals surface area contributed by atoms with Crippen LogP contribution in [0, 0.1) is 22.7 Å². The van der Waals surface area contributed by atoms with E-state index in [0.29, 0.717) is 10.7 Å². The Morgan fingerprint density at radius 3 is 2.52 bits per heavy atom. The van der Waals surface area contributed by atoms with Crippen LogP contribution in [0.4, 0.5) is 5.82 Å². The number of benzene rings is 2. The van der Waals surface area contributed by atoms with E-state index in [1.54, 1.807) is 24.3 Å². The molecule has 2 N–H and O–H groups in total. The number of halogens is 1. The molecule has 0 saturated carbocycles. The maximum absolute atomic E-state index is 9.55. The molecule has 5 nitrogen and oxygen atoms in total. The molecule has 3 rings (SSSR count). The Morgan fingerprint density at radius 2 is 1.88 bits per heavy atom. The topological polar surface area (TPSA) is 91.4 Å². The van der Waals surface area contributed by atoms with Crippen LogP contribution in [0.15, 0.2) is 54.6 Å². The van der Waals surface area contributed by atoms with Crippen LogP contribution >= 0.6 is 11.6 Å². The average molecular weight is 346 g/mol. The molecule has 3 aromatic rings. The fraction of sp³-hybridized carbons (Fsp3) is 0. The molecule has 0 amide bonds. The summed E-state index contributed by atoms with van der Waals surface area (Å²) in [5, 5.41) is 24.0. The van der Waals surface area contributed by atoms with Gasteiger partial charge in [0.2, 0.25) is 0 Å². The fourth-order valence-electron chi connectivity index (χ4n) is 2.41. The van der Waals surface area contributed by atoms with Crippen molar-refractivity contribution in [2.24, 2.45) is 0 Å². The quantitative estimate of drug-likeness (QED) is 0.725. The molecule has 120 valence electrons. The molecule has 0 unspecified atom stereocenters. The number of nitrogen functional groups attached to an aromatic ring is 1. The Kier molecular flexibility index (Phi) is 4.52. The molecule has 25 heavy (non-hydrogen) atoms. The third-order valence-electron chi connectivity index (χ3n) is 3.57. The van der Waals surface area contributed by atoms with Crippen molar-refractivity contribution in [3.8, 4) is 17.8 Å². The SMILES string of the molecule is N#CC(=Cc1cccc(Cl)c1)c1nn(-c2ccccc2)c(N)c1C#N. The number of nitrogens with two attached hydrogens (primary N) is 1. The van der Waals surface area contributed by atoms with Gasteiger partial charge in [0, 0.05) is 5.02 Å². The summed E-state index contributed by atoms with van der Waals surface area (Å²) in [5.74, 6) is 0.191. The molecule has 0 atom stereocenters. The highest BCUT2D eigenvalue weighted by molar-refractivity contribution is 6.30. The number of anilines is 1. The summed E-state index contributed by atoms with van der Waals surface area (Å²) in [6.45, 7) is 0. The van der Waals surface area contributed by atoms with E-state index in [-0.39, 0.29) is 22.6 Å². The van der Waals surface area contributed by atoms with Crippen molar-refractivity contribution in [1.29, 1.82) is 10.5 Å². The van der Waals surface area contributed by atoms with Gasteiger partial charge >= 0.3 is 0 Å². The molecule has 2 aromatic carbocycles. The third kappa shape index (κ3) is 3.23. The Labute approximate surface area is 149 Å². The van der Waals surface area contributed by atoms with Crippen molar-refractivity contribution < 1.29 is 0 Å². The lowest BCUT2D eigenvalue weighted by Gasteiger charge is -2.02. The molecule has 0 radical (unpaired) electrons. The first kappa shape index (κ1) is 16.3. The normalized spacial score (nSPS) is 10.9. The summed E-state index contributed by atoms with van der Waals surface area (Å²) in [6.07, 6.45) is 1.63. The van der Waals surface area contributed by atoms with Crippen molar-refractivity contribution in [2.45, 2.75) is 0 Å². The van der Waals surface area contributed by atoms with Gasteiger partial charge in [-0.25, -0.2) is 4.68 Å². The standard InChI is InChI=1S/C19H12ClN5/c20-15-6-4-5-13(10-15)9-14(11-21)18-17(12-22)19(23)25(24-18)16-7-2-1-3-8-16/h1-10H,23H2. The Hall–Kier alpha value is -3.54. The first-order valence-corrected chi connectivity index (χ1v) is 7.73. The van der Waals surface area contributed by atoms with Crippen molar-refractivity contribution in [1.82, 2.24) is 9.78 Å². The number of nitriles is 2. The van der Waals surface area contributed by atoms with Gasteiger partial charge in [-0.15, -0.1) is 0 Å². The Bertz CT molecular complexity index is 1040. The van der Waals surface area contributed by atoms with Crippen LogP contribution in [0.3, 0.4) is 0 Å². The summed E-state index contributed by atoms with van der Waals surface area (Å²) >= 11 is 5.98. The molecule has 0 aliphatic heterocycles. The Balaban J connectivity index is 2.16. The average Bonchev–Trinajstić information content (AvgIpc) is 2.96. The van der Waals surface area contributed by atoms with E-state index in [1.807, 2.05) is 42.5 Å². The van der Waals surface area contributed by atoms with Gasteiger partial charge in [-0.1, -0.05) is 41.9 Å². The lowest BCUT2D eigenvalue weighted by atomic mass is 10.1. The molecule has 0 aliphatic rings. The van der Waals surface area contributed by atoms with E-state index >= 15 is 0 Å². The van der Waals surface area contributed by atoms with E-state index < -0.39 is 0 Å². The summed E-state index contributed by atoms with van der Waals surface area (Å²) < 4.78 is 1.46. The largest absolute Gasteiger partial charge is 0.382 e. The molecule has 0 bridgehead atoms. The first-order chi connectivity index (χ1) is 12.1. The van der Waals surface area contributed by atoms with Crippen molar-refractivity contribution >= 4 is 29.1 Å². The summed E-state index contributed by atoms with van der Waals surface area (Å²) in [5.41, 5.74) is 8.17. The minimum absolute atomic E-state index is 0.165. The molecule has 1 heterocycles. The predicted molar refractivity (Wildman–Crippen MR) is 97.6 cm³/mol. The van der Waals surface area contributed by atoms with Gasteiger partial charge in [0.05, 0.1) is 11.3 Å². The van der Waals surface area contributed by atoms with Gasteiger partial charge < -0.3 is 5.73 Å². The number of hydrogen-bond donors (Lipinski definition) is 1. The lowest BCUT2D eigenvalue weighted by Crippen LogP contribution is -2.02. The van der Waals surface area contributed by atoms with E-state index in [4.69, 9.17) is 17.3 Å². The number of hydrogen-bond acceptors (Lipinski definition) is 4. The van der Waals surface area contributed by atoms with Crippen molar-refractivity contribution in [2.75, 3.05) is 5.73 Å². The van der Waals surface area contributed by atoms with Crippen LogP contribution in [0.2, 0.25) is 5.02 Å². The van der Waals surface area contributed by atoms with Crippen LogP contribution in [0.5, 0.6) is 0 Å². The van der Waals surface area contributed by atoms with E-state index in [9.17, 15) is 10.5 Å². The minimum atomic E-state index is 0.165. The molecule has 0 fully saturated rings. The highest BCUT2D eigenvalue weighted by atomic mass is 35.5. The van der Waals surface area contributed by atoms with Gasteiger partial charge in [0.1, 0.15) is 29.2 Å². The Morgan fingerprint density at radius 1 is 1.12 bits per heavy atom. The van der Waals surface area contributed by atoms with Gasteiger partial charge in [-0.3, -0.25) is 0 Å². The summed E-state index contributed by atoms with van der Waals surface area (Å²) in [4.78, 5) is 0. The highest BCUT2D eigenvalue weighted by Crippen LogP contribution is 2.27. The lowest BCUT2D eigenvalue weighted by molar-refractivity contribution is 0.885. The molecule has 1 aromatic heterocycles. The number of nitrogens with zero attached hydrogens (tertiary/aromatic N) is 4. The molecule has 0 aliphatic carbocycles. The fourth-order valence-corrected chi connectivity index (χ4v) is 2.61. The van der Waals surface area contributed by atoms with E-state index in [1.165, 1.54) is 4.68 Å². The summed E-state index contributed by atoms with van der Waals surface area (Å²) in [6, 6.07) is 20.4. The third-order valence-corrected chi connectivity index (χ3v) is 3.80. The zero-order valence-electron chi connectivity index (χ0n) is 13.0. The van der Waals surface area contributed by atoms with Crippen LogP contribution in [-0.4, -0.2) is 9.78 Å². The molecule has 0 spiro atoms. The smallest absolute Gasteiger partial charge is 0.145 e. The first-order valence-electron chi connectivity index (χ1n) is 7.36. The molecular formula is C19H12ClN5. The zero-order chi connectivity index (χ0) is 17.8. The monoisotopic (exact) mass is 345 g/mol. The van der Waals surface area contributed by atoms with Crippen LogP contribution in [0.1, 0.15) is 16.8 Å². The van der Waals surface area contributed by atoms with Gasteiger partial charge in [-0.05, 0) is 35.9 Å². The predicted octanol–water partition coefficient (Wildman–Crippen LogP) is 4.04. The minimum Gasteiger partial charge on any atom is -0.382 e. The van der Waals surface area contributed by atoms with Crippen LogP contribution in [-0.2, 0) is 0 Å². The maximum Gasteiger partial charge on any atom is 0.145 e. The number of rotatable bonds is 3. The van der Waals surface area contributed by atoms with Gasteiger partial charge in [-0.2, -0.15) is 15.6 Å². The van der Waals surface area contributed by atoms with E-state index in [2.05, 4.69) is 11.2 Å². The van der Waals surface area contributed by atoms with E-state index in [0.717, 1.165) is 5.56 Å². The number of para-hydroxylation sites is 1. The molecule has 0 saturated heterocycles. The van der Waals surface area contributed by atoms with Crippen LogP contribution in [0.25, 0.3) is 17.3 Å². The summed E-state index contributed by atoms with van der Waals surface area (Å²) in [7, 11) is 0. The zero-order valence-corrected chi connectivity index (χ0v) is 13.8. The van der Waals surface area contributed by atoms with Gasteiger partial charge in [0.15, 0.2) is 0 Å². The molecule has 6 heteroatoms. The van der Waals surface area contributed by atoms with Crippen molar-refractivity contribution in [3.05, 3.63) is 76.4 Å². The highest BCUT2D eigenvalue weighted by Gasteiger charge is 2.19. The second-order valence-electron chi connectivity index (χ2n) is 5.19. The maximum atomic E-state index is 9.55. The van der Waals surface area contributed by atoms with Gasteiger partial charge in [0.25, 0.3) is 0 Å². The number of aromatic nitrogens is 2. The second kappa shape index (κ2) is 6.92. The molecular weight excluding hydrogens is 334 g/mol. The van der Waals surface area contributed by atoms with Crippen molar-refractivity contribution in [3.63, 3.8) is 0 Å². The van der Waals surface area contributed by atoms with Crippen LogP contribution < -0.4 is 5.73 Å².